The Labute approximate surface area is 166 Å². The fraction of sp³-hybridized carbons (Fsp3) is 0.474. The van der Waals surface area contributed by atoms with Gasteiger partial charge in [-0.3, -0.25) is 24.1 Å². The predicted octanol–water partition coefficient (Wildman–Crippen LogP) is 2.53. The number of fused-ring (bicyclic) bond motifs is 1. The molecule has 1 saturated carbocycles. The fourth-order valence-corrected chi connectivity index (χ4v) is 3.81. The summed E-state index contributed by atoms with van der Waals surface area (Å²) in [6.07, 6.45) is 3.08. The molecule has 28 heavy (non-hydrogen) atoms. The van der Waals surface area contributed by atoms with E-state index in [0.29, 0.717) is 12.8 Å². The Morgan fingerprint density at radius 3 is 2.43 bits per heavy atom. The van der Waals surface area contributed by atoms with Crippen molar-refractivity contribution in [1.82, 2.24) is 4.90 Å². The van der Waals surface area contributed by atoms with Gasteiger partial charge in [0.1, 0.15) is 5.82 Å². The molecule has 1 heterocycles. The Morgan fingerprint density at radius 1 is 1.18 bits per heavy atom. The van der Waals surface area contributed by atoms with Gasteiger partial charge in [0.05, 0.1) is 23.9 Å². The van der Waals surface area contributed by atoms with E-state index < -0.39 is 24.3 Å². The third-order valence-corrected chi connectivity index (χ3v) is 5.28. The molecule has 2 aliphatic rings. The molecule has 1 N–H and O–H groups in total. The van der Waals surface area contributed by atoms with Gasteiger partial charge in [-0.15, -0.1) is 0 Å². The number of likely N-dealkylation sites (tertiary alicyclic amines) is 1. The molecule has 1 aliphatic carbocycles. The van der Waals surface area contributed by atoms with Gasteiger partial charge in [-0.1, -0.05) is 24.4 Å². The number of anilines is 1. The first-order valence-corrected chi connectivity index (χ1v) is 9.50. The molecule has 2 fully saturated rings. The number of rotatable bonds is 6. The number of ether oxygens (including phenoxy) is 1. The van der Waals surface area contributed by atoms with Gasteiger partial charge in [-0.2, -0.15) is 0 Å². The lowest BCUT2D eigenvalue weighted by molar-refractivity contribution is -0.148. The van der Waals surface area contributed by atoms with E-state index in [1.807, 2.05) is 0 Å². The van der Waals surface area contributed by atoms with Crippen LogP contribution in [-0.2, 0) is 23.9 Å². The van der Waals surface area contributed by atoms with E-state index in [4.69, 9.17) is 16.3 Å². The number of nitrogens with zero attached hydrogens (tertiary/aromatic N) is 1. The standard InChI is InChI=1S/C19H20ClFN2O5/c20-11-5-6-15(14(21)9-11)22-16(24)10-28-17(25)7-8-23-18(26)12-3-1-2-4-13(12)19(23)27/h5-6,9,12-13H,1-4,7-8,10H2,(H,22,24)/t12-,13-/m1/s1. The summed E-state index contributed by atoms with van der Waals surface area (Å²) < 4.78 is 18.5. The molecule has 3 rings (SSSR count). The normalized spacial score (nSPS) is 21.4. The summed E-state index contributed by atoms with van der Waals surface area (Å²) in [6, 6.07) is 3.75. The zero-order valence-electron chi connectivity index (χ0n) is 15.1. The van der Waals surface area contributed by atoms with E-state index in [0.717, 1.165) is 23.8 Å². The van der Waals surface area contributed by atoms with Crippen LogP contribution in [0.25, 0.3) is 0 Å². The van der Waals surface area contributed by atoms with Gasteiger partial charge in [0, 0.05) is 11.6 Å². The molecular weight excluding hydrogens is 391 g/mol. The summed E-state index contributed by atoms with van der Waals surface area (Å²) in [4.78, 5) is 49.4. The van der Waals surface area contributed by atoms with Crippen molar-refractivity contribution in [2.45, 2.75) is 32.1 Å². The fourth-order valence-electron chi connectivity index (χ4n) is 3.65. The van der Waals surface area contributed by atoms with Gasteiger partial charge in [0.15, 0.2) is 6.61 Å². The largest absolute Gasteiger partial charge is 0.456 e. The molecule has 0 unspecified atom stereocenters. The highest BCUT2D eigenvalue weighted by Crippen LogP contribution is 2.37. The lowest BCUT2D eigenvalue weighted by atomic mass is 9.81. The minimum absolute atomic E-state index is 0.0586. The average molecular weight is 411 g/mol. The number of nitrogens with one attached hydrogen (secondary N) is 1. The van der Waals surface area contributed by atoms with Crippen LogP contribution >= 0.6 is 11.6 Å². The molecule has 1 aromatic carbocycles. The Bertz CT molecular complexity index is 792. The van der Waals surface area contributed by atoms with Crippen molar-refractivity contribution in [2.24, 2.45) is 11.8 Å². The van der Waals surface area contributed by atoms with E-state index in [-0.39, 0.29) is 47.3 Å². The molecule has 0 spiro atoms. The lowest BCUT2D eigenvalue weighted by Crippen LogP contribution is -2.33. The highest BCUT2D eigenvalue weighted by atomic mass is 35.5. The molecule has 2 atom stereocenters. The van der Waals surface area contributed by atoms with Crippen molar-refractivity contribution in [3.63, 3.8) is 0 Å². The quantitative estimate of drug-likeness (QED) is 0.574. The van der Waals surface area contributed by atoms with Gasteiger partial charge >= 0.3 is 5.97 Å². The summed E-state index contributed by atoms with van der Waals surface area (Å²) in [5.74, 6) is -3.12. The summed E-state index contributed by atoms with van der Waals surface area (Å²) in [5, 5.41) is 2.46. The van der Waals surface area contributed by atoms with Crippen molar-refractivity contribution in [3.8, 4) is 0 Å². The number of amides is 3. The number of imide groups is 1. The van der Waals surface area contributed by atoms with Crippen LogP contribution in [0, 0.1) is 17.7 Å². The Morgan fingerprint density at radius 2 is 1.82 bits per heavy atom. The maximum Gasteiger partial charge on any atom is 0.308 e. The molecule has 1 aliphatic heterocycles. The molecule has 0 bridgehead atoms. The van der Waals surface area contributed by atoms with E-state index >= 15 is 0 Å². The lowest BCUT2D eigenvalue weighted by Gasteiger charge is -2.19. The number of hydrogen-bond acceptors (Lipinski definition) is 5. The summed E-state index contributed by atoms with van der Waals surface area (Å²) in [6.45, 7) is -0.662. The van der Waals surface area contributed by atoms with Crippen LogP contribution < -0.4 is 5.32 Å². The Kier molecular flexibility index (Phi) is 6.28. The zero-order chi connectivity index (χ0) is 20.3. The SMILES string of the molecule is O=C(COC(=O)CCN1C(=O)[C@@H]2CCCC[C@H]2C1=O)Nc1ccc(Cl)cc1F. The molecule has 0 aromatic heterocycles. The van der Waals surface area contributed by atoms with Crippen LogP contribution in [0.2, 0.25) is 5.02 Å². The van der Waals surface area contributed by atoms with Crippen molar-refractivity contribution >= 4 is 41.0 Å². The minimum atomic E-state index is -0.720. The molecule has 7 nitrogen and oxygen atoms in total. The summed E-state index contributed by atoms with van der Waals surface area (Å²) >= 11 is 5.63. The Hall–Kier alpha value is -2.48. The second-order valence-electron chi connectivity index (χ2n) is 6.91. The third-order valence-electron chi connectivity index (χ3n) is 5.04. The van der Waals surface area contributed by atoms with Crippen molar-refractivity contribution < 1.29 is 28.3 Å². The maximum absolute atomic E-state index is 13.6. The monoisotopic (exact) mass is 410 g/mol. The molecule has 150 valence electrons. The molecule has 9 heteroatoms. The van der Waals surface area contributed by atoms with Gasteiger partial charge < -0.3 is 10.1 Å². The van der Waals surface area contributed by atoms with Crippen LogP contribution in [0.15, 0.2) is 18.2 Å². The highest BCUT2D eigenvalue weighted by Gasteiger charge is 2.47. The van der Waals surface area contributed by atoms with Crippen LogP contribution in [0.5, 0.6) is 0 Å². The smallest absolute Gasteiger partial charge is 0.308 e. The molecule has 3 amide bonds. The summed E-state index contributed by atoms with van der Waals surface area (Å²) in [7, 11) is 0. The topological polar surface area (TPSA) is 92.8 Å². The van der Waals surface area contributed by atoms with Crippen molar-refractivity contribution in [2.75, 3.05) is 18.5 Å². The first-order valence-electron chi connectivity index (χ1n) is 9.12. The van der Waals surface area contributed by atoms with E-state index in [1.165, 1.54) is 12.1 Å². The van der Waals surface area contributed by atoms with Gasteiger partial charge in [0.25, 0.3) is 5.91 Å². The van der Waals surface area contributed by atoms with E-state index in [9.17, 15) is 23.6 Å². The number of benzene rings is 1. The van der Waals surface area contributed by atoms with E-state index in [1.54, 1.807) is 0 Å². The molecular formula is C19H20ClFN2O5. The predicted molar refractivity (Wildman–Crippen MR) is 97.8 cm³/mol. The second-order valence-corrected chi connectivity index (χ2v) is 7.35. The van der Waals surface area contributed by atoms with Crippen LogP contribution in [0.3, 0.4) is 0 Å². The Balaban J connectivity index is 1.44. The summed E-state index contributed by atoms with van der Waals surface area (Å²) in [5.41, 5.74) is -0.0821. The second kappa shape index (κ2) is 8.68. The van der Waals surface area contributed by atoms with Gasteiger partial charge in [0.2, 0.25) is 11.8 Å². The number of carbonyl (C=O) groups is 4. The van der Waals surface area contributed by atoms with Gasteiger partial charge in [-0.25, -0.2) is 4.39 Å². The number of esters is 1. The van der Waals surface area contributed by atoms with Crippen LogP contribution in [0.1, 0.15) is 32.1 Å². The van der Waals surface area contributed by atoms with Gasteiger partial charge in [-0.05, 0) is 31.0 Å². The minimum Gasteiger partial charge on any atom is -0.456 e. The van der Waals surface area contributed by atoms with Crippen LogP contribution in [0.4, 0.5) is 10.1 Å². The maximum atomic E-state index is 13.6. The van der Waals surface area contributed by atoms with Crippen LogP contribution in [-0.4, -0.2) is 41.7 Å². The third kappa shape index (κ3) is 4.49. The number of halogens is 2. The molecule has 1 aromatic rings. The van der Waals surface area contributed by atoms with E-state index in [2.05, 4.69) is 5.32 Å². The number of carbonyl (C=O) groups excluding carboxylic acids is 4. The highest BCUT2D eigenvalue weighted by molar-refractivity contribution is 6.30. The first-order chi connectivity index (χ1) is 13.4. The molecule has 0 radical (unpaired) electrons. The number of hydrogen-bond donors (Lipinski definition) is 1. The average Bonchev–Trinajstić information content (AvgIpc) is 2.91. The van der Waals surface area contributed by atoms with Crippen molar-refractivity contribution in [1.29, 1.82) is 0 Å². The first kappa shape index (κ1) is 20.3. The van der Waals surface area contributed by atoms with Crippen molar-refractivity contribution in [3.05, 3.63) is 29.0 Å². The molecule has 1 saturated heterocycles. The zero-order valence-corrected chi connectivity index (χ0v) is 15.8.